The number of benzene rings is 2. The summed E-state index contributed by atoms with van der Waals surface area (Å²) in [5.41, 5.74) is 1.34. The fourth-order valence-corrected chi connectivity index (χ4v) is 4.94. The molecule has 6 nitrogen and oxygen atoms in total. The molecular weight excluding hydrogens is 499 g/mol. The Kier molecular flexibility index (Phi) is 10.7. The molecule has 0 radical (unpaired) electrons. The SMILES string of the molecule is COc1cc(C(C(=O)NC2CCCCCC2)N(Cc2ccccc2Cl)C(=O)CCl)ccc1OC(C)C. The number of halogens is 2. The predicted octanol–water partition coefficient (Wildman–Crippen LogP) is 6.28. The Morgan fingerprint density at radius 3 is 2.36 bits per heavy atom. The van der Waals surface area contributed by atoms with Crippen LogP contribution in [0.25, 0.3) is 0 Å². The van der Waals surface area contributed by atoms with E-state index in [2.05, 4.69) is 5.32 Å². The molecule has 0 bridgehead atoms. The largest absolute Gasteiger partial charge is 0.493 e. The van der Waals surface area contributed by atoms with Gasteiger partial charge in [0.1, 0.15) is 11.9 Å². The van der Waals surface area contributed by atoms with Crippen molar-refractivity contribution < 1.29 is 19.1 Å². The van der Waals surface area contributed by atoms with E-state index >= 15 is 0 Å². The second-order valence-electron chi connectivity index (χ2n) is 9.42. The number of nitrogens with one attached hydrogen (secondary N) is 1. The molecular formula is C28H36Cl2N2O4. The van der Waals surface area contributed by atoms with Crippen molar-refractivity contribution in [3.63, 3.8) is 0 Å². The van der Waals surface area contributed by atoms with E-state index in [1.807, 2.05) is 32.0 Å². The van der Waals surface area contributed by atoms with Crippen molar-refractivity contribution >= 4 is 35.0 Å². The lowest BCUT2D eigenvalue weighted by Gasteiger charge is -2.33. The highest BCUT2D eigenvalue weighted by Gasteiger charge is 2.33. The van der Waals surface area contributed by atoms with Crippen LogP contribution in [-0.4, -0.2) is 41.8 Å². The van der Waals surface area contributed by atoms with E-state index in [4.69, 9.17) is 32.7 Å². The molecule has 1 unspecified atom stereocenters. The van der Waals surface area contributed by atoms with Gasteiger partial charge in [-0.1, -0.05) is 61.5 Å². The summed E-state index contributed by atoms with van der Waals surface area (Å²) in [6, 6.07) is 11.8. The van der Waals surface area contributed by atoms with Crippen LogP contribution < -0.4 is 14.8 Å². The molecule has 2 amide bonds. The minimum atomic E-state index is -0.919. The van der Waals surface area contributed by atoms with Gasteiger partial charge in [-0.25, -0.2) is 0 Å². The lowest BCUT2D eigenvalue weighted by Crippen LogP contribution is -2.46. The Morgan fingerprint density at radius 1 is 1.06 bits per heavy atom. The third kappa shape index (κ3) is 7.53. The molecule has 1 fully saturated rings. The fourth-order valence-electron chi connectivity index (χ4n) is 4.59. The average molecular weight is 536 g/mol. The first kappa shape index (κ1) is 28.1. The van der Waals surface area contributed by atoms with Gasteiger partial charge in [-0.3, -0.25) is 9.59 Å². The normalized spacial score (nSPS) is 15.2. The number of amides is 2. The first-order valence-corrected chi connectivity index (χ1v) is 13.5. The first-order chi connectivity index (χ1) is 17.3. The smallest absolute Gasteiger partial charge is 0.247 e. The van der Waals surface area contributed by atoms with Gasteiger partial charge in [-0.05, 0) is 56.0 Å². The topological polar surface area (TPSA) is 67.9 Å². The summed E-state index contributed by atoms with van der Waals surface area (Å²) in [5.74, 6) is 0.194. The third-order valence-corrected chi connectivity index (χ3v) is 6.96. The van der Waals surface area contributed by atoms with Gasteiger partial charge in [0.25, 0.3) is 0 Å². The standard InChI is InChI=1S/C28H36Cl2N2O4/c1-19(2)36-24-15-14-20(16-25(24)35-3)27(28(34)31-22-11-6-4-5-7-12-22)32(26(33)17-29)18-21-10-8-9-13-23(21)30/h8-10,13-16,19,22,27H,4-7,11-12,17-18H2,1-3H3,(H,31,34). The van der Waals surface area contributed by atoms with E-state index in [1.54, 1.807) is 31.4 Å². The van der Waals surface area contributed by atoms with E-state index in [9.17, 15) is 9.59 Å². The molecule has 1 aliphatic rings. The molecule has 196 valence electrons. The Labute approximate surface area is 224 Å². The molecule has 1 atom stereocenters. The van der Waals surface area contributed by atoms with Crippen LogP contribution in [-0.2, 0) is 16.1 Å². The molecule has 1 aliphatic carbocycles. The number of nitrogens with zero attached hydrogens (tertiary/aromatic N) is 1. The molecule has 0 heterocycles. The van der Waals surface area contributed by atoms with Crippen molar-refractivity contribution in [2.75, 3.05) is 13.0 Å². The fraction of sp³-hybridized carbons (Fsp3) is 0.500. The van der Waals surface area contributed by atoms with Crippen LogP contribution in [0.1, 0.15) is 69.5 Å². The molecule has 8 heteroatoms. The lowest BCUT2D eigenvalue weighted by atomic mass is 10.0. The van der Waals surface area contributed by atoms with E-state index in [0.717, 1.165) is 31.2 Å². The molecule has 2 aromatic rings. The molecule has 0 aliphatic heterocycles. The molecule has 0 aromatic heterocycles. The molecule has 0 saturated heterocycles. The average Bonchev–Trinajstić information content (AvgIpc) is 3.13. The van der Waals surface area contributed by atoms with Crippen LogP contribution in [0.5, 0.6) is 11.5 Å². The molecule has 1 saturated carbocycles. The van der Waals surface area contributed by atoms with E-state index in [1.165, 1.54) is 17.7 Å². The third-order valence-electron chi connectivity index (χ3n) is 6.36. The van der Waals surface area contributed by atoms with Crippen LogP contribution in [0, 0.1) is 0 Å². The highest BCUT2D eigenvalue weighted by molar-refractivity contribution is 6.31. The van der Waals surface area contributed by atoms with Gasteiger partial charge in [-0.2, -0.15) is 0 Å². The summed E-state index contributed by atoms with van der Waals surface area (Å²) < 4.78 is 11.4. The summed E-state index contributed by atoms with van der Waals surface area (Å²) in [6.45, 7) is 4.00. The van der Waals surface area contributed by atoms with Gasteiger partial charge in [0, 0.05) is 17.6 Å². The van der Waals surface area contributed by atoms with Crippen LogP contribution in [0.2, 0.25) is 5.02 Å². The van der Waals surface area contributed by atoms with E-state index in [0.29, 0.717) is 22.1 Å². The molecule has 2 aromatic carbocycles. The Balaban J connectivity index is 2.03. The summed E-state index contributed by atoms with van der Waals surface area (Å²) in [7, 11) is 1.55. The Bertz CT molecular complexity index is 1020. The lowest BCUT2D eigenvalue weighted by molar-refractivity contribution is -0.140. The first-order valence-electron chi connectivity index (χ1n) is 12.6. The van der Waals surface area contributed by atoms with Gasteiger partial charge >= 0.3 is 0 Å². The number of rotatable bonds is 10. The Morgan fingerprint density at radius 2 is 1.75 bits per heavy atom. The summed E-state index contributed by atoms with van der Waals surface area (Å²) in [4.78, 5) is 28.5. The number of alkyl halides is 1. The van der Waals surface area contributed by atoms with Crippen LogP contribution in [0.3, 0.4) is 0 Å². The highest BCUT2D eigenvalue weighted by atomic mass is 35.5. The van der Waals surface area contributed by atoms with Crippen LogP contribution >= 0.6 is 23.2 Å². The van der Waals surface area contributed by atoms with Crippen molar-refractivity contribution in [2.45, 2.75) is 77.1 Å². The minimum absolute atomic E-state index is 0.0476. The maximum atomic E-state index is 13.9. The van der Waals surface area contributed by atoms with Crippen molar-refractivity contribution in [1.29, 1.82) is 0 Å². The number of carbonyl (C=O) groups is 2. The number of carbonyl (C=O) groups excluding carboxylic acids is 2. The summed E-state index contributed by atoms with van der Waals surface area (Å²) in [5, 5.41) is 3.74. The van der Waals surface area contributed by atoms with Gasteiger partial charge < -0.3 is 19.7 Å². The van der Waals surface area contributed by atoms with E-state index < -0.39 is 6.04 Å². The van der Waals surface area contributed by atoms with Gasteiger partial charge in [-0.15, -0.1) is 11.6 Å². The predicted molar refractivity (Wildman–Crippen MR) is 144 cm³/mol. The number of ether oxygens (including phenoxy) is 2. The van der Waals surface area contributed by atoms with Gasteiger partial charge in [0.15, 0.2) is 11.5 Å². The second kappa shape index (κ2) is 13.8. The zero-order valence-corrected chi connectivity index (χ0v) is 22.8. The van der Waals surface area contributed by atoms with Crippen LogP contribution in [0.15, 0.2) is 42.5 Å². The zero-order chi connectivity index (χ0) is 26.1. The highest BCUT2D eigenvalue weighted by Crippen LogP contribution is 2.34. The molecule has 1 N–H and O–H groups in total. The summed E-state index contributed by atoms with van der Waals surface area (Å²) in [6.07, 6.45) is 6.31. The van der Waals surface area contributed by atoms with Crippen LogP contribution in [0.4, 0.5) is 0 Å². The van der Waals surface area contributed by atoms with Crippen molar-refractivity contribution in [2.24, 2.45) is 0 Å². The quantitative estimate of drug-likeness (QED) is 0.287. The second-order valence-corrected chi connectivity index (χ2v) is 10.1. The van der Waals surface area contributed by atoms with Gasteiger partial charge in [0.05, 0.1) is 13.2 Å². The molecule has 0 spiro atoms. The number of hydrogen-bond donors (Lipinski definition) is 1. The van der Waals surface area contributed by atoms with Crippen molar-refractivity contribution in [3.8, 4) is 11.5 Å². The molecule has 36 heavy (non-hydrogen) atoms. The maximum Gasteiger partial charge on any atom is 0.247 e. The van der Waals surface area contributed by atoms with Crippen molar-refractivity contribution in [3.05, 3.63) is 58.6 Å². The van der Waals surface area contributed by atoms with Gasteiger partial charge in [0.2, 0.25) is 11.8 Å². The zero-order valence-electron chi connectivity index (χ0n) is 21.3. The van der Waals surface area contributed by atoms with Crippen molar-refractivity contribution in [1.82, 2.24) is 10.2 Å². The summed E-state index contributed by atoms with van der Waals surface area (Å²) >= 11 is 12.5. The Hall–Kier alpha value is -2.44. The minimum Gasteiger partial charge on any atom is -0.493 e. The number of hydrogen-bond acceptors (Lipinski definition) is 4. The maximum absolute atomic E-state index is 13.9. The van der Waals surface area contributed by atoms with E-state index in [-0.39, 0.29) is 36.4 Å². The molecule has 3 rings (SSSR count). The monoisotopic (exact) mass is 534 g/mol. The number of methoxy groups -OCH3 is 1.